The third-order valence-electron chi connectivity index (χ3n) is 4.11. The lowest BCUT2D eigenvalue weighted by Gasteiger charge is -2.22. The predicted molar refractivity (Wildman–Crippen MR) is 78.8 cm³/mol. The van der Waals surface area contributed by atoms with Gasteiger partial charge in [0.25, 0.3) is 0 Å². The zero-order valence-electron chi connectivity index (χ0n) is 10.7. The molecule has 1 saturated carbocycles. The molecule has 1 aliphatic carbocycles. The van der Waals surface area contributed by atoms with Crippen molar-refractivity contribution >= 4 is 29.4 Å². The van der Waals surface area contributed by atoms with E-state index in [0.29, 0.717) is 17.7 Å². The van der Waals surface area contributed by atoms with Gasteiger partial charge in [0, 0.05) is 23.0 Å². The number of carbonyl (C=O) groups excluding carboxylic acids is 1. The van der Waals surface area contributed by atoms with Crippen molar-refractivity contribution in [2.45, 2.75) is 67.0 Å². The Hall–Kier alpha value is 0.130. The molecule has 3 fully saturated rings. The highest BCUT2D eigenvalue weighted by molar-refractivity contribution is 8.00. The maximum Gasteiger partial charge on any atom is 0.222 e. The smallest absolute Gasteiger partial charge is 0.222 e. The first kappa shape index (κ1) is 13.1. The molecule has 4 unspecified atom stereocenters. The number of rotatable bonds is 3. The predicted octanol–water partition coefficient (Wildman–Crippen LogP) is 2.32. The SMILES string of the molecule is O=C(CC1CCCS1)NC1NC2CCCCC2S1. The van der Waals surface area contributed by atoms with Crippen molar-refractivity contribution in [3.8, 4) is 0 Å². The maximum absolute atomic E-state index is 12.0. The zero-order valence-corrected chi connectivity index (χ0v) is 12.3. The number of carbonyl (C=O) groups is 1. The van der Waals surface area contributed by atoms with Crippen LogP contribution in [-0.4, -0.2) is 33.7 Å². The Balaban J connectivity index is 1.43. The van der Waals surface area contributed by atoms with Crippen LogP contribution in [-0.2, 0) is 4.79 Å². The summed E-state index contributed by atoms with van der Waals surface area (Å²) in [5.41, 5.74) is 0.164. The third kappa shape index (κ3) is 3.17. The largest absolute Gasteiger partial charge is 0.332 e. The summed E-state index contributed by atoms with van der Waals surface area (Å²) in [4.78, 5) is 12.0. The fraction of sp³-hybridized carbons (Fsp3) is 0.923. The Bertz CT molecular complexity index is 293. The van der Waals surface area contributed by atoms with E-state index in [0.717, 1.165) is 5.25 Å². The van der Waals surface area contributed by atoms with E-state index in [4.69, 9.17) is 0 Å². The lowest BCUT2D eigenvalue weighted by atomic mass is 9.95. The number of hydrogen-bond acceptors (Lipinski definition) is 4. The van der Waals surface area contributed by atoms with Crippen LogP contribution < -0.4 is 10.6 Å². The first-order valence-electron chi connectivity index (χ1n) is 7.14. The molecule has 4 atom stereocenters. The van der Waals surface area contributed by atoms with E-state index in [1.807, 2.05) is 23.5 Å². The summed E-state index contributed by atoms with van der Waals surface area (Å²) >= 11 is 3.89. The van der Waals surface area contributed by atoms with Crippen LogP contribution in [0.5, 0.6) is 0 Å². The molecule has 5 heteroatoms. The summed E-state index contributed by atoms with van der Waals surface area (Å²) < 4.78 is 0. The summed E-state index contributed by atoms with van der Waals surface area (Å²) in [5.74, 6) is 1.47. The number of thioether (sulfide) groups is 2. The lowest BCUT2D eigenvalue weighted by molar-refractivity contribution is -0.121. The molecule has 0 aromatic heterocycles. The molecule has 0 aromatic carbocycles. The number of nitrogens with one attached hydrogen (secondary N) is 2. The van der Waals surface area contributed by atoms with Crippen LogP contribution in [0.2, 0.25) is 0 Å². The molecule has 102 valence electrons. The molecule has 1 amide bonds. The summed E-state index contributed by atoms with van der Waals surface area (Å²) in [7, 11) is 0. The molecule has 3 nitrogen and oxygen atoms in total. The second kappa shape index (κ2) is 6.06. The number of amides is 1. The van der Waals surface area contributed by atoms with Crippen LogP contribution in [0.1, 0.15) is 44.9 Å². The standard InChI is InChI=1S/C13H22N2OS2/c16-12(8-9-4-3-7-17-9)15-13-14-10-5-1-2-6-11(10)18-13/h9-11,13-14H,1-8H2,(H,15,16). The molecule has 2 saturated heterocycles. The lowest BCUT2D eigenvalue weighted by Crippen LogP contribution is -2.44. The molecule has 18 heavy (non-hydrogen) atoms. The van der Waals surface area contributed by atoms with Gasteiger partial charge >= 0.3 is 0 Å². The summed E-state index contributed by atoms with van der Waals surface area (Å²) in [6, 6.07) is 0.634. The molecule has 0 radical (unpaired) electrons. The highest BCUT2D eigenvalue weighted by atomic mass is 32.2. The monoisotopic (exact) mass is 286 g/mol. The van der Waals surface area contributed by atoms with E-state index >= 15 is 0 Å². The molecule has 0 spiro atoms. The molecular weight excluding hydrogens is 264 g/mol. The molecule has 3 aliphatic rings. The first-order chi connectivity index (χ1) is 8.81. The Kier molecular flexibility index (Phi) is 4.42. The van der Waals surface area contributed by atoms with Crippen molar-refractivity contribution in [3.63, 3.8) is 0 Å². The Morgan fingerprint density at radius 1 is 1.22 bits per heavy atom. The fourth-order valence-corrected chi connectivity index (χ4v) is 5.93. The molecule has 2 heterocycles. The second-order valence-electron chi connectivity index (χ2n) is 5.52. The Labute approximate surface area is 118 Å². The molecule has 2 aliphatic heterocycles. The minimum atomic E-state index is 0.164. The van der Waals surface area contributed by atoms with Crippen molar-refractivity contribution in [2.24, 2.45) is 0 Å². The van der Waals surface area contributed by atoms with E-state index in [9.17, 15) is 4.79 Å². The van der Waals surface area contributed by atoms with Gasteiger partial charge in [-0.3, -0.25) is 10.1 Å². The van der Waals surface area contributed by atoms with E-state index in [1.165, 1.54) is 44.3 Å². The highest BCUT2D eigenvalue weighted by Crippen LogP contribution is 2.36. The Morgan fingerprint density at radius 2 is 2.11 bits per heavy atom. The van der Waals surface area contributed by atoms with Gasteiger partial charge < -0.3 is 5.32 Å². The van der Waals surface area contributed by atoms with Crippen molar-refractivity contribution in [1.29, 1.82) is 0 Å². The van der Waals surface area contributed by atoms with Crippen molar-refractivity contribution < 1.29 is 4.79 Å². The van der Waals surface area contributed by atoms with Crippen molar-refractivity contribution in [2.75, 3.05) is 5.75 Å². The van der Waals surface area contributed by atoms with E-state index in [-0.39, 0.29) is 11.4 Å². The van der Waals surface area contributed by atoms with Crippen molar-refractivity contribution in [3.05, 3.63) is 0 Å². The van der Waals surface area contributed by atoms with Gasteiger partial charge in [-0.15, -0.1) is 11.8 Å². The van der Waals surface area contributed by atoms with Gasteiger partial charge in [0.1, 0.15) is 5.50 Å². The van der Waals surface area contributed by atoms with E-state index in [1.54, 1.807) is 0 Å². The zero-order chi connectivity index (χ0) is 12.4. The normalized spacial score (nSPS) is 39.6. The Morgan fingerprint density at radius 3 is 2.89 bits per heavy atom. The minimum absolute atomic E-state index is 0.164. The maximum atomic E-state index is 12.0. The molecular formula is C13H22N2OS2. The van der Waals surface area contributed by atoms with Crippen LogP contribution in [0, 0.1) is 0 Å². The van der Waals surface area contributed by atoms with E-state index in [2.05, 4.69) is 10.6 Å². The van der Waals surface area contributed by atoms with Gasteiger partial charge in [0.05, 0.1) is 0 Å². The van der Waals surface area contributed by atoms with Gasteiger partial charge in [0.2, 0.25) is 5.91 Å². The van der Waals surface area contributed by atoms with Gasteiger partial charge in [-0.25, -0.2) is 0 Å². The quantitative estimate of drug-likeness (QED) is 0.835. The summed E-state index contributed by atoms with van der Waals surface area (Å²) in [6.07, 6.45) is 8.50. The molecule has 2 N–H and O–H groups in total. The average Bonchev–Trinajstić information content (AvgIpc) is 2.96. The van der Waals surface area contributed by atoms with Crippen LogP contribution >= 0.6 is 23.5 Å². The molecule has 3 rings (SSSR count). The van der Waals surface area contributed by atoms with Gasteiger partial charge in [-0.05, 0) is 31.4 Å². The van der Waals surface area contributed by atoms with Gasteiger partial charge in [-0.2, -0.15) is 11.8 Å². The topological polar surface area (TPSA) is 41.1 Å². The molecule has 0 aromatic rings. The van der Waals surface area contributed by atoms with Crippen LogP contribution in [0.4, 0.5) is 0 Å². The molecule has 0 bridgehead atoms. The second-order valence-corrected chi connectivity index (χ2v) is 8.28. The van der Waals surface area contributed by atoms with E-state index < -0.39 is 0 Å². The highest BCUT2D eigenvalue weighted by Gasteiger charge is 2.36. The summed E-state index contributed by atoms with van der Waals surface area (Å²) in [6.45, 7) is 0. The summed E-state index contributed by atoms with van der Waals surface area (Å²) in [5, 5.41) is 8.03. The fourth-order valence-electron chi connectivity index (χ4n) is 3.15. The van der Waals surface area contributed by atoms with Gasteiger partial charge in [-0.1, -0.05) is 12.8 Å². The minimum Gasteiger partial charge on any atom is -0.332 e. The number of fused-ring (bicyclic) bond motifs is 1. The van der Waals surface area contributed by atoms with Gasteiger partial charge in [0.15, 0.2) is 0 Å². The van der Waals surface area contributed by atoms with Crippen LogP contribution in [0.3, 0.4) is 0 Å². The average molecular weight is 286 g/mol. The van der Waals surface area contributed by atoms with Crippen LogP contribution in [0.15, 0.2) is 0 Å². The first-order valence-corrected chi connectivity index (χ1v) is 9.13. The number of hydrogen-bond donors (Lipinski definition) is 2. The van der Waals surface area contributed by atoms with Crippen LogP contribution in [0.25, 0.3) is 0 Å². The van der Waals surface area contributed by atoms with Crippen molar-refractivity contribution in [1.82, 2.24) is 10.6 Å². The third-order valence-corrected chi connectivity index (χ3v) is 6.95.